The first-order valence-electron chi connectivity index (χ1n) is 5.10. The molecular weight excluding hydrogens is 226 g/mol. The van der Waals surface area contributed by atoms with Crippen molar-refractivity contribution in [2.24, 2.45) is 0 Å². The second kappa shape index (κ2) is 5.96. The van der Waals surface area contributed by atoms with E-state index in [2.05, 4.69) is 4.90 Å². The molecule has 1 aromatic heterocycles. The molecule has 0 aromatic carbocycles. The minimum atomic E-state index is -1.02. The van der Waals surface area contributed by atoms with Crippen LogP contribution in [0.1, 0.15) is 28.5 Å². The van der Waals surface area contributed by atoms with Gasteiger partial charge in [-0.25, -0.2) is 4.79 Å². The molecule has 1 heterocycles. The van der Waals surface area contributed by atoms with Crippen LogP contribution < -0.4 is 0 Å². The van der Waals surface area contributed by atoms with Crippen molar-refractivity contribution >= 4 is 17.7 Å². The Kier molecular flexibility index (Phi) is 4.89. The summed E-state index contributed by atoms with van der Waals surface area (Å²) >= 11 is 1.75. The van der Waals surface area contributed by atoms with Gasteiger partial charge in [0.25, 0.3) is 0 Å². The molecule has 0 saturated carbocycles. The first kappa shape index (κ1) is 13.1. The van der Waals surface area contributed by atoms with Crippen LogP contribution in [0, 0.1) is 0 Å². The van der Waals surface area contributed by atoms with E-state index in [9.17, 15) is 4.79 Å². The van der Waals surface area contributed by atoms with Crippen LogP contribution in [0.15, 0.2) is 16.5 Å². The lowest BCUT2D eigenvalue weighted by atomic mass is 10.3. The summed E-state index contributed by atoms with van der Waals surface area (Å²) < 4.78 is 5.23. The standard InChI is InChI=1S/C11H17NO3S/c1-8(16-7-6-12(2)3)9-4-5-10(15-9)11(13)14/h4-5,8H,6-7H2,1-3H3,(H,13,14). The minimum absolute atomic E-state index is 0.00931. The quantitative estimate of drug-likeness (QED) is 0.831. The van der Waals surface area contributed by atoms with E-state index in [0.29, 0.717) is 0 Å². The number of hydrogen-bond acceptors (Lipinski definition) is 4. The van der Waals surface area contributed by atoms with Crippen LogP contribution in [-0.2, 0) is 0 Å². The number of carboxylic acids is 1. The average molecular weight is 243 g/mol. The monoisotopic (exact) mass is 243 g/mol. The van der Waals surface area contributed by atoms with E-state index in [-0.39, 0.29) is 11.0 Å². The highest BCUT2D eigenvalue weighted by Crippen LogP contribution is 2.29. The first-order valence-corrected chi connectivity index (χ1v) is 6.15. The third kappa shape index (κ3) is 3.90. The lowest BCUT2D eigenvalue weighted by molar-refractivity contribution is 0.0660. The Bertz CT molecular complexity index is 349. The first-order chi connectivity index (χ1) is 7.50. The van der Waals surface area contributed by atoms with Gasteiger partial charge in [0, 0.05) is 12.3 Å². The molecule has 0 saturated heterocycles. The molecule has 4 nitrogen and oxygen atoms in total. The summed E-state index contributed by atoms with van der Waals surface area (Å²) in [5.41, 5.74) is 0. The summed E-state index contributed by atoms with van der Waals surface area (Å²) in [4.78, 5) is 12.7. The van der Waals surface area contributed by atoms with Crippen LogP contribution in [0.4, 0.5) is 0 Å². The van der Waals surface area contributed by atoms with Gasteiger partial charge in [0.1, 0.15) is 5.76 Å². The molecule has 1 rings (SSSR count). The smallest absolute Gasteiger partial charge is 0.371 e. The van der Waals surface area contributed by atoms with Gasteiger partial charge in [-0.1, -0.05) is 0 Å². The largest absolute Gasteiger partial charge is 0.475 e. The maximum absolute atomic E-state index is 10.6. The summed E-state index contributed by atoms with van der Waals surface area (Å²) in [6, 6.07) is 3.23. The number of thioether (sulfide) groups is 1. The topological polar surface area (TPSA) is 53.7 Å². The van der Waals surface area contributed by atoms with Crippen molar-refractivity contribution in [1.82, 2.24) is 4.90 Å². The van der Waals surface area contributed by atoms with Gasteiger partial charge in [-0.05, 0) is 33.2 Å². The molecule has 1 unspecified atom stereocenters. The Labute approximate surface area is 99.6 Å². The highest BCUT2D eigenvalue weighted by atomic mass is 32.2. The van der Waals surface area contributed by atoms with Crippen LogP contribution in [0.25, 0.3) is 0 Å². The van der Waals surface area contributed by atoms with Gasteiger partial charge < -0.3 is 14.4 Å². The van der Waals surface area contributed by atoms with Crippen LogP contribution in [-0.4, -0.2) is 42.4 Å². The van der Waals surface area contributed by atoms with E-state index < -0.39 is 5.97 Å². The van der Waals surface area contributed by atoms with Gasteiger partial charge in [0.2, 0.25) is 5.76 Å². The maximum atomic E-state index is 10.6. The Hall–Kier alpha value is -0.940. The molecule has 0 aliphatic heterocycles. The fraction of sp³-hybridized carbons (Fsp3) is 0.545. The number of aromatic carboxylic acids is 1. The lowest BCUT2D eigenvalue weighted by Crippen LogP contribution is -2.15. The second-order valence-corrected chi connectivity index (χ2v) is 5.27. The fourth-order valence-electron chi connectivity index (χ4n) is 1.18. The summed E-state index contributed by atoms with van der Waals surface area (Å²) in [6.45, 7) is 3.02. The second-order valence-electron chi connectivity index (χ2n) is 3.82. The number of hydrogen-bond donors (Lipinski definition) is 1. The highest BCUT2D eigenvalue weighted by Gasteiger charge is 2.14. The van der Waals surface area contributed by atoms with E-state index in [0.717, 1.165) is 18.1 Å². The van der Waals surface area contributed by atoms with E-state index >= 15 is 0 Å². The minimum Gasteiger partial charge on any atom is -0.475 e. The van der Waals surface area contributed by atoms with Gasteiger partial charge in [-0.15, -0.1) is 11.8 Å². The van der Waals surface area contributed by atoms with Crippen molar-refractivity contribution < 1.29 is 14.3 Å². The molecular formula is C11H17NO3S. The molecule has 1 N–H and O–H groups in total. The fourth-order valence-corrected chi connectivity index (χ4v) is 2.30. The van der Waals surface area contributed by atoms with Crippen LogP contribution >= 0.6 is 11.8 Å². The number of carbonyl (C=O) groups is 1. The molecule has 0 spiro atoms. The summed E-state index contributed by atoms with van der Waals surface area (Å²) in [6.07, 6.45) is 0. The summed E-state index contributed by atoms with van der Waals surface area (Å²) in [5.74, 6) is 0.713. The zero-order chi connectivity index (χ0) is 12.1. The van der Waals surface area contributed by atoms with Crippen molar-refractivity contribution in [2.75, 3.05) is 26.4 Å². The predicted octanol–water partition coefficient (Wildman–Crippen LogP) is 2.33. The molecule has 1 atom stereocenters. The van der Waals surface area contributed by atoms with E-state index in [4.69, 9.17) is 9.52 Å². The SMILES string of the molecule is CC(SCCN(C)C)c1ccc(C(=O)O)o1. The lowest BCUT2D eigenvalue weighted by Gasteiger charge is -2.11. The maximum Gasteiger partial charge on any atom is 0.371 e. The van der Waals surface area contributed by atoms with Gasteiger partial charge in [0.05, 0.1) is 5.25 Å². The van der Waals surface area contributed by atoms with Crippen molar-refractivity contribution in [3.8, 4) is 0 Å². The zero-order valence-electron chi connectivity index (χ0n) is 9.77. The van der Waals surface area contributed by atoms with Gasteiger partial charge in [0.15, 0.2) is 0 Å². The molecule has 0 bridgehead atoms. The summed E-state index contributed by atoms with van der Waals surface area (Å²) in [5, 5.41) is 8.91. The van der Waals surface area contributed by atoms with Gasteiger partial charge >= 0.3 is 5.97 Å². The Morgan fingerprint density at radius 1 is 1.56 bits per heavy atom. The molecule has 5 heteroatoms. The molecule has 0 fully saturated rings. The van der Waals surface area contributed by atoms with Gasteiger partial charge in [-0.2, -0.15) is 0 Å². The van der Waals surface area contributed by atoms with Crippen molar-refractivity contribution in [3.63, 3.8) is 0 Å². The van der Waals surface area contributed by atoms with E-state index in [1.54, 1.807) is 17.8 Å². The summed E-state index contributed by atoms with van der Waals surface area (Å²) in [7, 11) is 4.06. The number of rotatable bonds is 6. The molecule has 0 amide bonds. The molecule has 0 aliphatic rings. The van der Waals surface area contributed by atoms with Crippen molar-refractivity contribution in [1.29, 1.82) is 0 Å². The van der Waals surface area contributed by atoms with Crippen molar-refractivity contribution in [3.05, 3.63) is 23.7 Å². The zero-order valence-corrected chi connectivity index (χ0v) is 10.6. The number of nitrogens with zero attached hydrogens (tertiary/aromatic N) is 1. The normalized spacial score (nSPS) is 13.0. The molecule has 0 aliphatic carbocycles. The van der Waals surface area contributed by atoms with E-state index in [1.807, 2.05) is 21.0 Å². The number of furan rings is 1. The molecule has 1 aromatic rings. The number of carboxylic acid groups (broad SMARTS) is 1. The highest BCUT2D eigenvalue weighted by molar-refractivity contribution is 7.99. The van der Waals surface area contributed by atoms with E-state index in [1.165, 1.54) is 6.07 Å². The van der Waals surface area contributed by atoms with Crippen LogP contribution in [0.2, 0.25) is 0 Å². The third-order valence-corrected chi connectivity index (χ3v) is 3.30. The van der Waals surface area contributed by atoms with Crippen LogP contribution in [0.5, 0.6) is 0 Å². The molecule has 16 heavy (non-hydrogen) atoms. The van der Waals surface area contributed by atoms with Gasteiger partial charge in [-0.3, -0.25) is 0 Å². The molecule has 90 valence electrons. The Morgan fingerprint density at radius 3 is 2.75 bits per heavy atom. The predicted molar refractivity (Wildman–Crippen MR) is 65.1 cm³/mol. The van der Waals surface area contributed by atoms with Crippen molar-refractivity contribution in [2.45, 2.75) is 12.2 Å². The van der Waals surface area contributed by atoms with Crippen LogP contribution in [0.3, 0.4) is 0 Å². The molecule has 0 radical (unpaired) electrons. The third-order valence-electron chi connectivity index (χ3n) is 2.14. The Balaban J connectivity index is 2.46. The average Bonchev–Trinajstić information content (AvgIpc) is 2.65. The Morgan fingerprint density at radius 2 is 2.25 bits per heavy atom.